The van der Waals surface area contributed by atoms with E-state index in [4.69, 9.17) is 14.2 Å². The molecule has 216 valence electrons. The molecule has 0 aromatic heterocycles. The highest BCUT2D eigenvalue weighted by molar-refractivity contribution is 5.90. The maximum absolute atomic E-state index is 13.7. The van der Waals surface area contributed by atoms with Crippen LogP contribution in [-0.2, 0) is 28.6 Å². The number of amides is 1. The van der Waals surface area contributed by atoms with E-state index >= 15 is 0 Å². The molecule has 0 heterocycles. The maximum Gasteiger partial charge on any atom is 0.329 e. The first-order chi connectivity index (χ1) is 18.5. The first kappa shape index (κ1) is 32.0. The fourth-order valence-electron chi connectivity index (χ4n) is 4.79. The number of benzene rings is 1. The van der Waals surface area contributed by atoms with Crippen LogP contribution in [0.4, 0.5) is 0 Å². The number of rotatable bonds is 14. The molecule has 0 bridgehead atoms. The number of methoxy groups -OCH3 is 1. The van der Waals surface area contributed by atoms with Gasteiger partial charge in [-0.1, -0.05) is 43.2 Å². The Balaban J connectivity index is 2.20. The van der Waals surface area contributed by atoms with Crippen LogP contribution in [0.2, 0.25) is 0 Å². The van der Waals surface area contributed by atoms with Crippen molar-refractivity contribution in [3.05, 3.63) is 42.1 Å². The molecule has 9 nitrogen and oxygen atoms in total. The lowest BCUT2D eigenvalue weighted by Crippen LogP contribution is -2.49. The summed E-state index contributed by atoms with van der Waals surface area (Å²) in [5.74, 6) is -1.34. The molecular formula is C30H44N2O7. The molecule has 1 amide bonds. The van der Waals surface area contributed by atoms with Gasteiger partial charge in [0, 0.05) is 24.8 Å². The fourth-order valence-corrected chi connectivity index (χ4v) is 4.79. The van der Waals surface area contributed by atoms with E-state index in [-0.39, 0.29) is 38.4 Å². The van der Waals surface area contributed by atoms with E-state index in [1.165, 1.54) is 0 Å². The molecule has 9 heteroatoms. The van der Waals surface area contributed by atoms with E-state index in [0.717, 1.165) is 18.4 Å². The third-order valence-corrected chi connectivity index (χ3v) is 6.69. The molecule has 1 fully saturated rings. The molecule has 2 N–H and O–H groups in total. The molecule has 2 rings (SSSR count). The van der Waals surface area contributed by atoms with Gasteiger partial charge in [0.05, 0.1) is 31.2 Å². The number of nitrogens with zero attached hydrogens (tertiary/aromatic N) is 1. The molecule has 0 radical (unpaired) electrons. The van der Waals surface area contributed by atoms with E-state index < -0.39 is 34.9 Å². The number of hydrogen-bond acceptors (Lipinski definition) is 8. The zero-order valence-corrected chi connectivity index (χ0v) is 23.9. The normalized spacial score (nSPS) is 16.9. The van der Waals surface area contributed by atoms with Gasteiger partial charge in [-0.3, -0.25) is 14.6 Å². The highest BCUT2D eigenvalue weighted by Gasteiger charge is 2.45. The van der Waals surface area contributed by atoms with Crippen molar-refractivity contribution in [1.29, 1.82) is 0 Å². The van der Waals surface area contributed by atoms with Crippen molar-refractivity contribution in [3.63, 3.8) is 0 Å². The Morgan fingerprint density at radius 2 is 1.79 bits per heavy atom. The second-order valence-corrected chi connectivity index (χ2v) is 10.8. The molecule has 0 aliphatic heterocycles. The van der Waals surface area contributed by atoms with Crippen molar-refractivity contribution in [3.8, 4) is 0 Å². The Hall–Kier alpha value is -3.20. The summed E-state index contributed by atoms with van der Waals surface area (Å²) in [7, 11) is 1.55. The predicted octanol–water partition coefficient (Wildman–Crippen LogP) is 4.43. The lowest BCUT2D eigenvalue weighted by atomic mass is 9.75. The van der Waals surface area contributed by atoms with Crippen LogP contribution < -0.4 is 5.32 Å². The van der Waals surface area contributed by atoms with E-state index in [9.17, 15) is 19.5 Å². The third kappa shape index (κ3) is 10.1. The minimum Gasteiger partial charge on any atom is -0.495 e. The summed E-state index contributed by atoms with van der Waals surface area (Å²) in [6, 6.07) is 8.55. The molecular weight excluding hydrogens is 500 g/mol. The Kier molecular flexibility index (Phi) is 12.6. The summed E-state index contributed by atoms with van der Waals surface area (Å²) in [5, 5.41) is 12.5. The molecule has 1 unspecified atom stereocenters. The van der Waals surface area contributed by atoms with Crippen molar-refractivity contribution in [2.45, 2.75) is 84.3 Å². The monoisotopic (exact) mass is 544 g/mol. The first-order valence-electron chi connectivity index (χ1n) is 13.7. The number of esters is 2. The SMILES string of the molecule is CCOC(=O)C(CC=N/C=C(\OC)c1ccccc1)NC(=O)C1(C[C@@H](CCO)C(=O)OC(C)(C)C)CCCC1. The largest absolute Gasteiger partial charge is 0.495 e. The van der Waals surface area contributed by atoms with E-state index in [0.29, 0.717) is 18.6 Å². The quantitative estimate of drug-likeness (QED) is 0.202. The number of carbonyl (C=O) groups excluding carboxylic acids is 3. The van der Waals surface area contributed by atoms with Gasteiger partial charge in [-0.05, 0) is 53.4 Å². The second-order valence-electron chi connectivity index (χ2n) is 10.8. The third-order valence-electron chi connectivity index (χ3n) is 6.69. The van der Waals surface area contributed by atoms with Crippen LogP contribution >= 0.6 is 0 Å². The van der Waals surface area contributed by atoms with Gasteiger partial charge >= 0.3 is 11.9 Å². The lowest BCUT2D eigenvalue weighted by Gasteiger charge is -2.33. The molecule has 0 saturated heterocycles. The van der Waals surface area contributed by atoms with Gasteiger partial charge in [0.15, 0.2) is 0 Å². The molecule has 39 heavy (non-hydrogen) atoms. The minimum absolute atomic E-state index is 0.120. The number of carbonyl (C=O) groups is 3. The van der Waals surface area contributed by atoms with E-state index in [2.05, 4.69) is 10.3 Å². The summed E-state index contributed by atoms with van der Waals surface area (Å²) in [4.78, 5) is 43.6. The van der Waals surface area contributed by atoms with Crippen LogP contribution in [0.3, 0.4) is 0 Å². The van der Waals surface area contributed by atoms with Gasteiger partial charge in [-0.2, -0.15) is 0 Å². The summed E-state index contributed by atoms with van der Waals surface area (Å²) in [5.41, 5.74) is -0.658. The first-order valence-corrected chi connectivity index (χ1v) is 13.7. The Bertz CT molecular complexity index is 992. The summed E-state index contributed by atoms with van der Waals surface area (Å²) < 4.78 is 16.2. The Morgan fingerprint density at radius 1 is 1.13 bits per heavy atom. The van der Waals surface area contributed by atoms with Crippen molar-refractivity contribution in [1.82, 2.24) is 5.32 Å². The Morgan fingerprint density at radius 3 is 2.36 bits per heavy atom. The van der Waals surface area contributed by atoms with Crippen LogP contribution in [0.1, 0.15) is 78.2 Å². The van der Waals surface area contributed by atoms with Crippen molar-refractivity contribution in [2.24, 2.45) is 16.3 Å². The van der Waals surface area contributed by atoms with Gasteiger partial charge < -0.3 is 24.6 Å². The summed E-state index contributed by atoms with van der Waals surface area (Å²) >= 11 is 0. The average molecular weight is 545 g/mol. The molecule has 1 aromatic rings. The minimum atomic E-state index is -0.937. The van der Waals surface area contributed by atoms with Crippen molar-refractivity contribution < 1.29 is 33.7 Å². The van der Waals surface area contributed by atoms with Gasteiger partial charge in [-0.15, -0.1) is 0 Å². The number of hydrogen-bond donors (Lipinski definition) is 2. The molecule has 1 aliphatic rings. The summed E-state index contributed by atoms with van der Waals surface area (Å²) in [6.07, 6.45) is 6.51. The number of aliphatic imine (C=N–C) groups is 1. The van der Waals surface area contributed by atoms with Crippen LogP contribution in [0, 0.1) is 11.3 Å². The smallest absolute Gasteiger partial charge is 0.329 e. The Labute approximate surface area is 232 Å². The highest BCUT2D eigenvalue weighted by atomic mass is 16.6. The van der Waals surface area contributed by atoms with Crippen LogP contribution in [0.25, 0.3) is 5.76 Å². The van der Waals surface area contributed by atoms with Crippen molar-refractivity contribution >= 4 is 29.8 Å². The molecule has 1 saturated carbocycles. The average Bonchev–Trinajstić information content (AvgIpc) is 3.37. The van der Waals surface area contributed by atoms with Gasteiger partial charge in [0.2, 0.25) is 5.91 Å². The van der Waals surface area contributed by atoms with Gasteiger partial charge in [0.1, 0.15) is 17.4 Å². The second kappa shape index (κ2) is 15.4. The summed E-state index contributed by atoms with van der Waals surface area (Å²) in [6.45, 7) is 7.05. The highest BCUT2D eigenvalue weighted by Crippen LogP contribution is 2.44. The van der Waals surface area contributed by atoms with E-state index in [1.54, 1.807) is 47.2 Å². The zero-order chi connectivity index (χ0) is 28.9. The molecule has 1 aromatic carbocycles. The molecule has 0 spiro atoms. The van der Waals surface area contributed by atoms with Crippen LogP contribution in [0.5, 0.6) is 0 Å². The zero-order valence-electron chi connectivity index (χ0n) is 23.9. The maximum atomic E-state index is 13.7. The predicted molar refractivity (Wildman–Crippen MR) is 150 cm³/mol. The topological polar surface area (TPSA) is 124 Å². The van der Waals surface area contributed by atoms with Gasteiger partial charge in [-0.25, -0.2) is 4.79 Å². The van der Waals surface area contributed by atoms with Gasteiger partial charge in [0.25, 0.3) is 0 Å². The van der Waals surface area contributed by atoms with Crippen molar-refractivity contribution in [2.75, 3.05) is 20.3 Å². The fraction of sp³-hybridized carbons (Fsp3) is 0.600. The van der Waals surface area contributed by atoms with Crippen LogP contribution in [0.15, 0.2) is 41.5 Å². The van der Waals surface area contributed by atoms with Crippen LogP contribution in [-0.4, -0.2) is 61.1 Å². The lowest BCUT2D eigenvalue weighted by molar-refractivity contribution is -0.162. The van der Waals surface area contributed by atoms with E-state index in [1.807, 2.05) is 30.3 Å². The number of aliphatic hydroxyl groups excluding tert-OH is 1. The standard InChI is InChI=1S/C30H44N2O7/c1-6-38-27(35)24(14-18-31-21-25(37-5)22-12-8-7-9-13-22)32-28(36)30(16-10-11-17-30)20-23(15-19-33)26(34)39-29(2,3)4/h7-9,12-13,18,21,23-24,33H,6,10-11,14-17,19-20H2,1-5H3,(H,32,36)/b25-21-,31-18?/t23-,24?/m1/s1. The molecule has 1 aliphatic carbocycles. The molecule has 2 atom stereocenters. The number of ether oxygens (including phenoxy) is 3. The number of nitrogens with one attached hydrogen (secondary N) is 1. The number of aliphatic hydroxyl groups is 1.